The molecule has 0 amide bonds. The molecule has 24 heavy (non-hydrogen) atoms. The van der Waals surface area contributed by atoms with Crippen LogP contribution in [0, 0.1) is 5.92 Å². The number of hydrogen-bond donors (Lipinski definition) is 2. The van der Waals surface area contributed by atoms with Gasteiger partial charge in [-0.05, 0) is 37.0 Å². The molecular weight excluding hydrogens is 484 g/mol. The van der Waals surface area contributed by atoms with Crippen molar-refractivity contribution in [2.45, 2.75) is 19.4 Å². The Morgan fingerprint density at radius 1 is 1.42 bits per heavy atom. The monoisotopic (exact) mass is 505 g/mol. The second-order valence-electron chi connectivity index (χ2n) is 5.75. The molecule has 2 unspecified atom stereocenters. The lowest BCUT2D eigenvalue weighted by atomic mass is 10.1. The third-order valence-corrected chi connectivity index (χ3v) is 6.29. The molecule has 0 aromatic heterocycles. The summed E-state index contributed by atoms with van der Waals surface area (Å²) in [5, 5.41) is 7.62. The van der Waals surface area contributed by atoms with Crippen molar-refractivity contribution in [3.63, 3.8) is 0 Å². The van der Waals surface area contributed by atoms with Gasteiger partial charge in [0.2, 0.25) is 0 Å². The van der Waals surface area contributed by atoms with Crippen molar-refractivity contribution >= 4 is 63.0 Å². The van der Waals surface area contributed by atoms with Crippen LogP contribution in [-0.2, 0) is 9.84 Å². The van der Waals surface area contributed by atoms with Crippen LogP contribution < -0.4 is 10.6 Å². The van der Waals surface area contributed by atoms with Gasteiger partial charge < -0.3 is 10.6 Å². The molecule has 2 N–H and O–H groups in total. The highest BCUT2D eigenvalue weighted by Gasteiger charge is 2.27. The van der Waals surface area contributed by atoms with Crippen LogP contribution in [0.3, 0.4) is 0 Å². The van der Waals surface area contributed by atoms with Gasteiger partial charge in [-0.1, -0.05) is 29.3 Å². The average molecular weight is 506 g/mol. The molecule has 1 aliphatic heterocycles. The summed E-state index contributed by atoms with van der Waals surface area (Å²) < 4.78 is 23.0. The Morgan fingerprint density at radius 2 is 2.12 bits per heavy atom. The van der Waals surface area contributed by atoms with Gasteiger partial charge >= 0.3 is 0 Å². The van der Waals surface area contributed by atoms with E-state index in [2.05, 4.69) is 15.6 Å². The maximum absolute atomic E-state index is 11.5. The minimum atomic E-state index is -2.86. The highest BCUT2D eigenvalue weighted by molar-refractivity contribution is 14.0. The van der Waals surface area contributed by atoms with Crippen LogP contribution >= 0.6 is 47.2 Å². The number of guanidine groups is 1. The zero-order chi connectivity index (χ0) is 17.0. The Bertz CT molecular complexity index is 698. The number of benzene rings is 1. The maximum atomic E-state index is 11.5. The van der Waals surface area contributed by atoms with Crippen LogP contribution in [0.5, 0.6) is 0 Å². The van der Waals surface area contributed by atoms with Crippen molar-refractivity contribution in [1.82, 2.24) is 10.6 Å². The summed E-state index contributed by atoms with van der Waals surface area (Å²) in [5.41, 5.74) is 0.919. The normalized spacial score (nSPS) is 21.0. The van der Waals surface area contributed by atoms with Gasteiger partial charge in [0, 0.05) is 23.6 Å². The molecule has 0 bridgehead atoms. The fraction of sp³-hybridized carbons (Fsp3) is 0.533. The Hall–Kier alpha value is -0.250. The predicted molar refractivity (Wildman–Crippen MR) is 112 cm³/mol. The van der Waals surface area contributed by atoms with Crippen molar-refractivity contribution in [1.29, 1.82) is 0 Å². The minimum Gasteiger partial charge on any atom is -0.356 e. The first-order valence-electron chi connectivity index (χ1n) is 7.43. The van der Waals surface area contributed by atoms with Gasteiger partial charge in [-0.25, -0.2) is 8.42 Å². The van der Waals surface area contributed by atoms with E-state index in [0.717, 1.165) is 5.56 Å². The predicted octanol–water partition coefficient (Wildman–Crippen LogP) is 3.27. The zero-order valence-corrected chi connectivity index (χ0v) is 18.2. The highest BCUT2D eigenvalue weighted by atomic mass is 127. The van der Waals surface area contributed by atoms with Crippen molar-refractivity contribution in [3.8, 4) is 0 Å². The summed E-state index contributed by atoms with van der Waals surface area (Å²) in [7, 11) is -1.18. The van der Waals surface area contributed by atoms with Crippen molar-refractivity contribution < 1.29 is 8.42 Å². The van der Waals surface area contributed by atoms with Crippen LogP contribution in [0.25, 0.3) is 0 Å². The fourth-order valence-electron chi connectivity index (χ4n) is 2.60. The molecule has 0 spiro atoms. The molecule has 1 aromatic rings. The molecule has 0 aliphatic carbocycles. The average Bonchev–Trinajstić information content (AvgIpc) is 2.82. The standard InChI is InChI=1S/C15H21Cl2N3O2S.HI/c1-10(13-4-3-12(16)7-14(13)17)20-15(18-2)19-8-11-5-6-23(21,22)9-11;/h3-4,7,10-11H,5-6,8-9H2,1-2H3,(H2,18,19,20);1H. The topological polar surface area (TPSA) is 70.6 Å². The first-order chi connectivity index (χ1) is 10.8. The summed E-state index contributed by atoms with van der Waals surface area (Å²) in [6.45, 7) is 2.56. The van der Waals surface area contributed by atoms with E-state index < -0.39 is 9.84 Å². The molecule has 0 radical (unpaired) electrons. The molecule has 9 heteroatoms. The Labute approximate surface area is 170 Å². The number of aliphatic imine (C=N–C) groups is 1. The third-order valence-electron chi connectivity index (χ3n) is 3.89. The number of rotatable bonds is 4. The van der Waals surface area contributed by atoms with Crippen LogP contribution in [-0.4, -0.2) is 39.5 Å². The molecule has 2 atom stereocenters. The molecule has 1 heterocycles. The number of nitrogens with one attached hydrogen (secondary N) is 2. The summed E-state index contributed by atoms with van der Waals surface area (Å²) >= 11 is 12.1. The molecule has 0 saturated carbocycles. The van der Waals surface area contributed by atoms with E-state index in [-0.39, 0.29) is 47.4 Å². The number of sulfone groups is 1. The van der Waals surface area contributed by atoms with Gasteiger partial charge in [-0.15, -0.1) is 24.0 Å². The summed E-state index contributed by atoms with van der Waals surface area (Å²) in [6.07, 6.45) is 0.699. The lowest BCUT2D eigenvalue weighted by molar-refractivity contribution is 0.562. The smallest absolute Gasteiger partial charge is 0.191 e. The fourth-order valence-corrected chi connectivity index (χ4v) is 5.04. The van der Waals surface area contributed by atoms with Gasteiger partial charge in [-0.2, -0.15) is 0 Å². The van der Waals surface area contributed by atoms with Crippen LogP contribution in [0.1, 0.15) is 24.9 Å². The van der Waals surface area contributed by atoms with E-state index >= 15 is 0 Å². The van der Waals surface area contributed by atoms with Crippen molar-refractivity contribution in [2.75, 3.05) is 25.1 Å². The molecule has 1 saturated heterocycles. The first kappa shape index (κ1) is 21.8. The minimum absolute atomic E-state index is 0. The zero-order valence-electron chi connectivity index (χ0n) is 13.6. The lowest BCUT2D eigenvalue weighted by Gasteiger charge is -2.20. The van der Waals surface area contributed by atoms with Crippen LogP contribution in [0.15, 0.2) is 23.2 Å². The largest absolute Gasteiger partial charge is 0.356 e. The summed E-state index contributed by atoms with van der Waals surface area (Å²) in [6, 6.07) is 5.31. The van der Waals surface area contributed by atoms with E-state index in [1.165, 1.54) is 0 Å². The second-order valence-corrected chi connectivity index (χ2v) is 8.83. The van der Waals surface area contributed by atoms with E-state index in [9.17, 15) is 8.42 Å². The SMILES string of the molecule is CN=C(NCC1CCS(=O)(=O)C1)NC(C)c1ccc(Cl)cc1Cl.I. The second kappa shape index (κ2) is 9.45. The Kier molecular flexibility index (Phi) is 8.58. The Balaban J connectivity index is 0.00000288. The molecular formula is C15H22Cl2IN3O2S. The van der Waals surface area contributed by atoms with Gasteiger partial charge in [0.15, 0.2) is 15.8 Å². The summed E-state index contributed by atoms with van der Waals surface area (Å²) in [4.78, 5) is 4.17. The molecule has 2 rings (SSSR count). The van der Waals surface area contributed by atoms with E-state index in [1.807, 2.05) is 13.0 Å². The number of hydrogen-bond acceptors (Lipinski definition) is 3. The van der Waals surface area contributed by atoms with Gasteiger partial charge in [0.05, 0.1) is 17.5 Å². The maximum Gasteiger partial charge on any atom is 0.191 e. The van der Waals surface area contributed by atoms with E-state index in [4.69, 9.17) is 23.2 Å². The quantitative estimate of drug-likeness (QED) is 0.374. The first-order valence-corrected chi connectivity index (χ1v) is 10.0. The van der Waals surface area contributed by atoms with Gasteiger partial charge in [0.25, 0.3) is 0 Å². The van der Waals surface area contributed by atoms with Crippen LogP contribution in [0.2, 0.25) is 10.0 Å². The molecule has 5 nitrogen and oxygen atoms in total. The number of halogens is 3. The van der Waals surface area contributed by atoms with Crippen molar-refractivity contribution in [2.24, 2.45) is 10.9 Å². The molecule has 1 aromatic carbocycles. The third kappa shape index (κ3) is 6.24. The number of nitrogens with zero attached hydrogens (tertiary/aromatic N) is 1. The van der Waals surface area contributed by atoms with Crippen molar-refractivity contribution in [3.05, 3.63) is 33.8 Å². The van der Waals surface area contributed by atoms with Gasteiger partial charge in [0.1, 0.15) is 0 Å². The Morgan fingerprint density at radius 3 is 2.67 bits per heavy atom. The van der Waals surface area contributed by atoms with E-state index in [1.54, 1.807) is 19.2 Å². The van der Waals surface area contributed by atoms with E-state index in [0.29, 0.717) is 29.0 Å². The molecule has 1 aliphatic rings. The van der Waals surface area contributed by atoms with Gasteiger partial charge in [-0.3, -0.25) is 4.99 Å². The highest BCUT2D eigenvalue weighted by Crippen LogP contribution is 2.26. The molecule has 1 fully saturated rings. The summed E-state index contributed by atoms with van der Waals surface area (Å²) in [5.74, 6) is 1.28. The van der Waals surface area contributed by atoms with Crippen LogP contribution in [0.4, 0.5) is 0 Å². The lowest BCUT2D eigenvalue weighted by Crippen LogP contribution is -2.41. The molecule has 136 valence electrons.